The second kappa shape index (κ2) is 9.30. The Morgan fingerprint density at radius 1 is 1.00 bits per heavy atom. The summed E-state index contributed by atoms with van der Waals surface area (Å²) in [6.45, 7) is 4.67. The van der Waals surface area contributed by atoms with Crippen molar-refractivity contribution in [3.8, 4) is 5.75 Å². The Morgan fingerprint density at radius 3 is 2.26 bits per heavy atom. The van der Waals surface area contributed by atoms with Crippen LogP contribution in [0.5, 0.6) is 5.75 Å². The number of halogens is 2. The molecular formula is C18H24Cl2N4O3. The molecular weight excluding hydrogens is 391 g/mol. The summed E-state index contributed by atoms with van der Waals surface area (Å²) < 4.78 is 8.38. The third-order valence-electron chi connectivity index (χ3n) is 4.69. The molecule has 1 aliphatic heterocycles. The summed E-state index contributed by atoms with van der Waals surface area (Å²) in [5.74, 6) is 1.48. The number of rotatable bonds is 5. The van der Waals surface area contributed by atoms with Crippen molar-refractivity contribution in [2.24, 2.45) is 14.1 Å². The molecule has 0 spiro atoms. The highest BCUT2D eigenvalue weighted by Gasteiger charge is 2.20. The molecule has 1 saturated heterocycles. The Kier molecular flexibility index (Phi) is 7.35. The third kappa shape index (κ3) is 5.06. The average molecular weight is 415 g/mol. The first-order valence-corrected chi connectivity index (χ1v) is 8.96. The summed E-state index contributed by atoms with van der Waals surface area (Å²) in [5, 5.41) is 0.693. The van der Waals surface area contributed by atoms with Gasteiger partial charge in [0.05, 0.1) is 0 Å². The summed E-state index contributed by atoms with van der Waals surface area (Å²) in [5.41, 5.74) is -0.576. The first kappa shape index (κ1) is 21.3. The molecule has 0 atom stereocenters. The third-order valence-corrected chi connectivity index (χ3v) is 4.94. The molecule has 2 heterocycles. The Balaban J connectivity index is 0.00000261. The minimum absolute atomic E-state index is 0. The van der Waals surface area contributed by atoms with Gasteiger partial charge in [0.15, 0.2) is 0 Å². The zero-order valence-corrected chi connectivity index (χ0v) is 17.0. The normalized spacial score (nSPS) is 14.7. The molecule has 2 aromatic rings. The Labute approximate surface area is 169 Å². The van der Waals surface area contributed by atoms with Gasteiger partial charge in [0.2, 0.25) is 0 Å². The van der Waals surface area contributed by atoms with Crippen molar-refractivity contribution in [2.75, 3.05) is 44.2 Å². The van der Waals surface area contributed by atoms with Gasteiger partial charge in [-0.3, -0.25) is 18.8 Å². The number of nitrogens with zero attached hydrogens (tertiary/aromatic N) is 4. The molecule has 27 heavy (non-hydrogen) atoms. The van der Waals surface area contributed by atoms with E-state index in [1.165, 1.54) is 17.7 Å². The molecule has 1 aromatic carbocycles. The first-order chi connectivity index (χ1) is 12.5. The molecule has 0 bridgehead atoms. The SMILES string of the molecule is Cl.Cn1c(N2CCN(CCOc3ccc(Cl)cc3)CC2)cc(=O)n(C)c1=O. The van der Waals surface area contributed by atoms with Gasteiger partial charge in [-0.15, -0.1) is 12.4 Å². The lowest BCUT2D eigenvalue weighted by Gasteiger charge is -2.36. The number of hydrogen-bond acceptors (Lipinski definition) is 5. The van der Waals surface area contributed by atoms with Gasteiger partial charge in [-0.05, 0) is 24.3 Å². The van der Waals surface area contributed by atoms with E-state index in [1.54, 1.807) is 7.05 Å². The summed E-state index contributed by atoms with van der Waals surface area (Å²) in [7, 11) is 3.19. The standard InChI is InChI=1S/C18H23ClN4O3.ClH/c1-20-16(13-17(24)21(2)18(20)25)23-9-7-22(8-10-23)11-12-26-15-5-3-14(19)4-6-15;/h3-6,13H,7-12H2,1-2H3;1H. The first-order valence-electron chi connectivity index (χ1n) is 8.58. The summed E-state index contributed by atoms with van der Waals surface area (Å²) in [4.78, 5) is 28.4. The predicted octanol–water partition coefficient (Wildman–Crippen LogP) is 1.36. The highest BCUT2D eigenvalue weighted by atomic mass is 35.5. The number of ether oxygens (including phenoxy) is 1. The van der Waals surface area contributed by atoms with Crippen LogP contribution >= 0.6 is 24.0 Å². The van der Waals surface area contributed by atoms with Crippen LogP contribution in [0, 0.1) is 0 Å². The fourth-order valence-corrected chi connectivity index (χ4v) is 3.17. The average Bonchev–Trinajstić information content (AvgIpc) is 2.65. The van der Waals surface area contributed by atoms with E-state index in [2.05, 4.69) is 9.80 Å². The van der Waals surface area contributed by atoms with Crippen LogP contribution < -0.4 is 20.9 Å². The summed E-state index contributed by atoms with van der Waals surface area (Å²) in [6, 6.07) is 8.86. The van der Waals surface area contributed by atoms with Gasteiger partial charge in [0, 0.05) is 57.9 Å². The van der Waals surface area contributed by atoms with Crippen LogP contribution in [-0.4, -0.2) is 53.4 Å². The molecule has 9 heteroatoms. The largest absolute Gasteiger partial charge is 0.492 e. The molecule has 0 radical (unpaired) electrons. The number of hydrogen-bond donors (Lipinski definition) is 0. The van der Waals surface area contributed by atoms with E-state index < -0.39 is 0 Å². The predicted molar refractivity (Wildman–Crippen MR) is 110 cm³/mol. The van der Waals surface area contributed by atoms with Crippen LogP contribution in [-0.2, 0) is 14.1 Å². The Hall–Kier alpha value is -1.96. The van der Waals surface area contributed by atoms with E-state index >= 15 is 0 Å². The topological polar surface area (TPSA) is 59.7 Å². The molecule has 0 unspecified atom stereocenters. The Bertz CT molecular complexity index is 872. The van der Waals surface area contributed by atoms with E-state index in [0.29, 0.717) is 17.4 Å². The molecule has 0 amide bonds. The fraction of sp³-hybridized carbons (Fsp3) is 0.444. The highest BCUT2D eigenvalue weighted by molar-refractivity contribution is 6.30. The van der Waals surface area contributed by atoms with E-state index in [0.717, 1.165) is 43.0 Å². The van der Waals surface area contributed by atoms with Crippen LogP contribution in [0.2, 0.25) is 5.02 Å². The van der Waals surface area contributed by atoms with Crippen LogP contribution in [0.25, 0.3) is 0 Å². The van der Waals surface area contributed by atoms with E-state index in [-0.39, 0.29) is 23.7 Å². The van der Waals surface area contributed by atoms with Crippen molar-refractivity contribution in [2.45, 2.75) is 0 Å². The van der Waals surface area contributed by atoms with Gasteiger partial charge < -0.3 is 9.64 Å². The van der Waals surface area contributed by atoms with Crippen LogP contribution in [0.3, 0.4) is 0 Å². The van der Waals surface area contributed by atoms with Crippen LogP contribution in [0.15, 0.2) is 39.9 Å². The monoisotopic (exact) mass is 414 g/mol. The zero-order chi connectivity index (χ0) is 18.7. The lowest BCUT2D eigenvalue weighted by atomic mass is 10.3. The van der Waals surface area contributed by atoms with Gasteiger partial charge in [-0.1, -0.05) is 11.6 Å². The number of piperazine rings is 1. The summed E-state index contributed by atoms with van der Waals surface area (Å²) >= 11 is 5.86. The minimum atomic E-state index is -0.300. The lowest BCUT2D eigenvalue weighted by molar-refractivity contribution is 0.200. The van der Waals surface area contributed by atoms with Crippen molar-refractivity contribution < 1.29 is 4.74 Å². The molecule has 3 rings (SSSR count). The summed E-state index contributed by atoms with van der Waals surface area (Å²) in [6.07, 6.45) is 0. The second-order valence-corrected chi connectivity index (χ2v) is 6.81. The Morgan fingerprint density at radius 2 is 1.63 bits per heavy atom. The molecule has 0 aliphatic carbocycles. The smallest absolute Gasteiger partial charge is 0.332 e. The van der Waals surface area contributed by atoms with Gasteiger partial charge in [0.25, 0.3) is 5.56 Å². The molecule has 1 aliphatic rings. The van der Waals surface area contributed by atoms with E-state index in [4.69, 9.17) is 16.3 Å². The molecule has 0 N–H and O–H groups in total. The molecule has 0 saturated carbocycles. The number of aromatic nitrogens is 2. The molecule has 1 aromatic heterocycles. The van der Waals surface area contributed by atoms with Crippen molar-refractivity contribution in [1.82, 2.24) is 14.0 Å². The lowest BCUT2D eigenvalue weighted by Crippen LogP contribution is -2.50. The van der Waals surface area contributed by atoms with Crippen LogP contribution in [0.4, 0.5) is 5.82 Å². The van der Waals surface area contributed by atoms with Gasteiger partial charge >= 0.3 is 5.69 Å². The fourth-order valence-electron chi connectivity index (χ4n) is 3.05. The zero-order valence-electron chi connectivity index (χ0n) is 15.4. The van der Waals surface area contributed by atoms with Crippen molar-refractivity contribution in [3.05, 3.63) is 56.2 Å². The maximum Gasteiger partial charge on any atom is 0.332 e. The number of anilines is 1. The molecule has 7 nitrogen and oxygen atoms in total. The molecule has 148 valence electrons. The maximum atomic E-state index is 12.1. The van der Waals surface area contributed by atoms with Crippen molar-refractivity contribution >= 4 is 29.8 Å². The van der Waals surface area contributed by atoms with Gasteiger partial charge in [-0.2, -0.15) is 0 Å². The van der Waals surface area contributed by atoms with Gasteiger partial charge in [-0.25, -0.2) is 4.79 Å². The van der Waals surface area contributed by atoms with Crippen molar-refractivity contribution in [3.63, 3.8) is 0 Å². The second-order valence-electron chi connectivity index (χ2n) is 6.37. The van der Waals surface area contributed by atoms with Crippen molar-refractivity contribution in [1.29, 1.82) is 0 Å². The van der Waals surface area contributed by atoms with Gasteiger partial charge in [0.1, 0.15) is 18.2 Å². The van der Waals surface area contributed by atoms with Crippen LogP contribution in [0.1, 0.15) is 0 Å². The van der Waals surface area contributed by atoms with E-state index in [1.807, 2.05) is 24.3 Å². The maximum absolute atomic E-state index is 12.1. The minimum Gasteiger partial charge on any atom is -0.492 e. The molecule has 1 fully saturated rings. The quantitative estimate of drug-likeness (QED) is 0.738. The highest BCUT2D eigenvalue weighted by Crippen LogP contribution is 2.16. The number of benzene rings is 1. The van der Waals surface area contributed by atoms with E-state index in [9.17, 15) is 9.59 Å².